The summed E-state index contributed by atoms with van der Waals surface area (Å²) in [5, 5.41) is 3.55. The standard InChI is InChI=1S/C25H32N2O3/c1-18(28)20-11-9-19(10-12-20)17-26-23-8-6-5-7-22(23)21-13-15-27(16-14-21)24(29)30-25(2,3)4/h5-12,21,26H,13-17H2,1-4H3. The number of likely N-dealkylation sites (tertiary alicyclic amines) is 1. The lowest BCUT2D eigenvalue weighted by Gasteiger charge is -2.34. The van der Waals surface area contributed by atoms with Gasteiger partial charge in [-0.1, -0.05) is 42.5 Å². The summed E-state index contributed by atoms with van der Waals surface area (Å²) in [6.45, 7) is 9.39. The molecule has 2 aromatic rings. The number of Topliss-reactive ketones (excluding diaryl/α,β-unsaturated/α-hetero) is 1. The van der Waals surface area contributed by atoms with E-state index < -0.39 is 5.60 Å². The van der Waals surface area contributed by atoms with Crippen molar-refractivity contribution in [2.24, 2.45) is 0 Å². The third-order valence-electron chi connectivity index (χ3n) is 5.39. The molecule has 1 amide bonds. The lowest BCUT2D eigenvalue weighted by molar-refractivity contribution is 0.0205. The number of para-hydroxylation sites is 1. The van der Waals surface area contributed by atoms with E-state index in [1.54, 1.807) is 6.92 Å². The first kappa shape index (κ1) is 21.9. The summed E-state index contributed by atoms with van der Waals surface area (Å²) >= 11 is 0. The van der Waals surface area contributed by atoms with E-state index in [9.17, 15) is 9.59 Å². The van der Waals surface area contributed by atoms with Gasteiger partial charge < -0.3 is 15.0 Å². The van der Waals surface area contributed by atoms with Gasteiger partial charge in [0.15, 0.2) is 5.78 Å². The first-order chi connectivity index (χ1) is 14.2. The molecule has 3 rings (SSSR count). The molecule has 1 fully saturated rings. The number of carbonyl (C=O) groups excluding carboxylic acids is 2. The van der Waals surface area contributed by atoms with E-state index in [-0.39, 0.29) is 11.9 Å². The predicted molar refractivity (Wildman–Crippen MR) is 120 cm³/mol. The smallest absolute Gasteiger partial charge is 0.410 e. The molecule has 1 aliphatic rings. The summed E-state index contributed by atoms with van der Waals surface area (Å²) < 4.78 is 5.51. The molecular weight excluding hydrogens is 376 g/mol. The molecule has 0 bridgehead atoms. The number of piperidine rings is 1. The summed E-state index contributed by atoms with van der Waals surface area (Å²) in [6, 6.07) is 16.1. The average molecular weight is 409 g/mol. The second-order valence-electron chi connectivity index (χ2n) is 8.94. The topological polar surface area (TPSA) is 58.6 Å². The Morgan fingerprint density at radius 1 is 1.03 bits per heavy atom. The van der Waals surface area contributed by atoms with Crippen molar-refractivity contribution >= 4 is 17.6 Å². The minimum atomic E-state index is -0.465. The van der Waals surface area contributed by atoms with Crippen LogP contribution in [0.15, 0.2) is 48.5 Å². The van der Waals surface area contributed by atoms with Crippen LogP contribution in [0.25, 0.3) is 0 Å². The van der Waals surface area contributed by atoms with Crippen LogP contribution in [0, 0.1) is 0 Å². The van der Waals surface area contributed by atoms with Gasteiger partial charge in [-0.3, -0.25) is 4.79 Å². The van der Waals surface area contributed by atoms with E-state index in [4.69, 9.17) is 4.74 Å². The van der Waals surface area contributed by atoms with Crippen LogP contribution in [0.3, 0.4) is 0 Å². The number of hydrogen-bond donors (Lipinski definition) is 1. The van der Waals surface area contributed by atoms with Gasteiger partial charge in [-0.05, 0) is 63.6 Å². The molecule has 0 spiro atoms. The van der Waals surface area contributed by atoms with Gasteiger partial charge in [-0.2, -0.15) is 0 Å². The maximum absolute atomic E-state index is 12.3. The Morgan fingerprint density at radius 3 is 2.27 bits per heavy atom. The minimum absolute atomic E-state index is 0.0811. The van der Waals surface area contributed by atoms with Gasteiger partial charge in [0, 0.05) is 30.9 Å². The van der Waals surface area contributed by atoms with Crippen LogP contribution in [0.4, 0.5) is 10.5 Å². The molecule has 0 radical (unpaired) electrons. The van der Waals surface area contributed by atoms with Crippen LogP contribution in [0.1, 0.15) is 67.9 Å². The summed E-state index contributed by atoms with van der Waals surface area (Å²) in [4.78, 5) is 25.6. The fraction of sp³-hybridized carbons (Fsp3) is 0.440. The van der Waals surface area contributed by atoms with Gasteiger partial charge in [-0.15, -0.1) is 0 Å². The molecule has 0 atom stereocenters. The normalized spacial score (nSPS) is 15.0. The fourth-order valence-corrected chi connectivity index (χ4v) is 3.77. The molecule has 0 saturated carbocycles. The van der Waals surface area contributed by atoms with Gasteiger partial charge in [-0.25, -0.2) is 4.79 Å². The molecule has 1 heterocycles. The van der Waals surface area contributed by atoms with E-state index in [0.29, 0.717) is 25.6 Å². The van der Waals surface area contributed by atoms with Crippen molar-refractivity contribution in [2.45, 2.75) is 58.6 Å². The molecule has 0 aromatic heterocycles. The molecule has 0 unspecified atom stereocenters. The number of nitrogens with one attached hydrogen (secondary N) is 1. The molecule has 160 valence electrons. The molecule has 2 aromatic carbocycles. The maximum atomic E-state index is 12.3. The molecular formula is C25H32N2O3. The first-order valence-corrected chi connectivity index (χ1v) is 10.6. The Labute approximate surface area is 179 Å². The van der Waals surface area contributed by atoms with E-state index >= 15 is 0 Å². The summed E-state index contributed by atoms with van der Waals surface area (Å²) in [5.74, 6) is 0.491. The molecule has 0 aliphatic carbocycles. The van der Waals surface area contributed by atoms with Crippen LogP contribution in [0.5, 0.6) is 0 Å². The maximum Gasteiger partial charge on any atom is 0.410 e. The van der Waals surface area contributed by atoms with Crippen molar-refractivity contribution in [1.29, 1.82) is 0 Å². The van der Waals surface area contributed by atoms with Crippen molar-refractivity contribution in [3.63, 3.8) is 0 Å². The van der Waals surface area contributed by atoms with Gasteiger partial charge in [0.05, 0.1) is 0 Å². The van der Waals surface area contributed by atoms with Gasteiger partial charge in [0.25, 0.3) is 0 Å². The zero-order chi connectivity index (χ0) is 21.7. The van der Waals surface area contributed by atoms with Crippen molar-refractivity contribution < 1.29 is 14.3 Å². The number of nitrogens with zero attached hydrogens (tertiary/aromatic N) is 1. The molecule has 5 nitrogen and oxygen atoms in total. The zero-order valence-electron chi connectivity index (χ0n) is 18.4. The number of hydrogen-bond acceptors (Lipinski definition) is 4. The highest BCUT2D eigenvalue weighted by Gasteiger charge is 2.28. The molecule has 5 heteroatoms. The molecule has 30 heavy (non-hydrogen) atoms. The monoisotopic (exact) mass is 408 g/mol. The lowest BCUT2D eigenvalue weighted by atomic mass is 9.88. The van der Waals surface area contributed by atoms with Crippen LogP contribution in [-0.2, 0) is 11.3 Å². The number of ketones is 1. The van der Waals surface area contributed by atoms with Gasteiger partial charge in [0.2, 0.25) is 0 Å². The third kappa shape index (κ3) is 5.85. The first-order valence-electron chi connectivity index (χ1n) is 10.6. The van der Waals surface area contributed by atoms with E-state index in [1.807, 2.05) is 56.0 Å². The quantitative estimate of drug-likeness (QED) is 0.653. The third-order valence-corrected chi connectivity index (χ3v) is 5.39. The number of ether oxygens (including phenoxy) is 1. The SMILES string of the molecule is CC(=O)c1ccc(CNc2ccccc2C2CCN(C(=O)OC(C)(C)C)CC2)cc1. The number of anilines is 1. The average Bonchev–Trinajstić information content (AvgIpc) is 2.71. The molecule has 1 N–H and O–H groups in total. The van der Waals surface area contributed by atoms with E-state index in [2.05, 4.69) is 23.5 Å². The lowest BCUT2D eigenvalue weighted by Crippen LogP contribution is -2.41. The second kappa shape index (κ2) is 9.33. The van der Waals surface area contributed by atoms with Crippen LogP contribution in [0.2, 0.25) is 0 Å². The Balaban J connectivity index is 1.60. The van der Waals surface area contributed by atoms with Crippen LogP contribution >= 0.6 is 0 Å². The Bertz CT molecular complexity index is 876. The van der Waals surface area contributed by atoms with Crippen molar-refractivity contribution in [1.82, 2.24) is 4.90 Å². The summed E-state index contributed by atoms with van der Waals surface area (Å²) in [7, 11) is 0. The fourth-order valence-electron chi connectivity index (χ4n) is 3.77. The highest BCUT2D eigenvalue weighted by Crippen LogP contribution is 2.33. The van der Waals surface area contributed by atoms with E-state index in [0.717, 1.165) is 29.7 Å². The Morgan fingerprint density at radius 2 is 1.67 bits per heavy atom. The number of benzene rings is 2. The second-order valence-corrected chi connectivity index (χ2v) is 8.94. The van der Waals surface area contributed by atoms with Crippen molar-refractivity contribution in [2.75, 3.05) is 18.4 Å². The number of rotatable bonds is 5. The summed E-state index contributed by atoms with van der Waals surface area (Å²) in [5.41, 5.74) is 3.82. The Kier molecular flexibility index (Phi) is 6.80. The van der Waals surface area contributed by atoms with Crippen LogP contribution < -0.4 is 5.32 Å². The zero-order valence-corrected chi connectivity index (χ0v) is 18.4. The number of amides is 1. The van der Waals surface area contributed by atoms with E-state index in [1.165, 1.54) is 5.56 Å². The van der Waals surface area contributed by atoms with Gasteiger partial charge in [0.1, 0.15) is 5.60 Å². The van der Waals surface area contributed by atoms with Crippen molar-refractivity contribution in [3.8, 4) is 0 Å². The largest absolute Gasteiger partial charge is 0.444 e. The Hall–Kier alpha value is -2.82. The summed E-state index contributed by atoms with van der Waals surface area (Å²) in [6.07, 6.45) is 1.62. The number of carbonyl (C=O) groups is 2. The highest BCUT2D eigenvalue weighted by molar-refractivity contribution is 5.94. The van der Waals surface area contributed by atoms with Crippen molar-refractivity contribution in [3.05, 3.63) is 65.2 Å². The minimum Gasteiger partial charge on any atom is -0.444 e. The van der Waals surface area contributed by atoms with Crippen LogP contribution in [-0.4, -0.2) is 35.5 Å². The molecule has 1 aliphatic heterocycles. The highest BCUT2D eigenvalue weighted by atomic mass is 16.6. The van der Waals surface area contributed by atoms with Gasteiger partial charge >= 0.3 is 6.09 Å². The molecule has 1 saturated heterocycles. The predicted octanol–water partition coefficient (Wildman–Crippen LogP) is 5.62.